The van der Waals surface area contributed by atoms with Crippen molar-refractivity contribution in [2.45, 2.75) is 46.7 Å². The van der Waals surface area contributed by atoms with Crippen molar-refractivity contribution in [1.82, 2.24) is 48.8 Å². The lowest BCUT2D eigenvalue weighted by Gasteiger charge is -2.26. The molecule has 0 atom stereocenters. The monoisotopic (exact) mass is 1070 g/mol. The number of benzene rings is 4. The zero-order valence-corrected chi connectivity index (χ0v) is 47.7. The van der Waals surface area contributed by atoms with Crippen LogP contribution in [-0.2, 0) is 9.59 Å². The van der Waals surface area contributed by atoms with Crippen molar-refractivity contribution in [2.75, 3.05) is 114 Å². The maximum absolute atomic E-state index is 12.3. The molecule has 414 valence electrons. The van der Waals surface area contributed by atoms with E-state index in [1.807, 2.05) is 116 Å². The summed E-state index contributed by atoms with van der Waals surface area (Å²) >= 11 is 0. The Morgan fingerprint density at radius 1 is 0.582 bits per heavy atom. The second-order valence-electron chi connectivity index (χ2n) is 20.0. The molecule has 4 heterocycles. The van der Waals surface area contributed by atoms with E-state index in [0.29, 0.717) is 52.2 Å². The van der Waals surface area contributed by atoms with E-state index in [1.165, 1.54) is 12.2 Å². The number of amides is 2. The summed E-state index contributed by atoms with van der Waals surface area (Å²) in [6.45, 7) is 21.0. The lowest BCUT2D eigenvalue weighted by molar-refractivity contribution is -0.112. The number of rotatable bonds is 22. The van der Waals surface area contributed by atoms with Crippen molar-refractivity contribution in [3.8, 4) is 34.0 Å². The summed E-state index contributed by atoms with van der Waals surface area (Å²) in [4.78, 5) is 60.5. The van der Waals surface area contributed by atoms with Crippen LogP contribution < -0.4 is 40.5 Å². The number of carbonyl (C=O) groups excluding carboxylic acids is 2. The van der Waals surface area contributed by atoms with Gasteiger partial charge in [-0.3, -0.25) is 9.59 Å². The quantitative estimate of drug-likeness (QED) is 0.0467. The van der Waals surface area contributed by atoms with Crippen molar-refractivity contribution < 1.29 is 19.1 Å². The average molecular weight is 1070 g/mol. The Labute approximate surface area is 463 Å². The first kappa shape index (κ1) is 57.8. The van der Waals surface area contributed by atoms with Gasteiger partial charge in [0.2, 0.25) is 23.7 Å². The molecule has 0 aliphatic heterocycles. The number of aryl methyl sites for hydroxylation is 1. The number of likely N-dealkylation sites (N-methyl/N-ethyl adjacent to an activating group) is 4. The molecule has 0 radical (unpaired) electrons. The number of methoxy groups -OCH3 is 2. The standard InChI is InChI=1S/C30H38N8O2.C29H36N8O2/c1-9-29(39)33-24-17-25(28(40-8)18-26(24)37(7)15-14-36(5)6)35-30-31-13-12-22(34-30)21-10-11-23-27(16-21)38(19(2)3)20(4)32-23;1-8-28(38)32-23-16-24(27(39-7)17-25(23)36(6)14-13-35(4)5)34-29-30-12-11-21(33-29)20-9-10-22-26(15-20)37(18-31-22)19(2)3/h9-13,16-19H,1,14-15H2,2-8H3,(H,33,39)(H,31,34,35);8-12,15-19H,1,13-14H2,2-7H3,(H,32,38)(H,30,33,34). The van der Waals surface area contributed by atoms with E-state index in [1.54, 1.807) is 26.6 Å². The van der Waals surface area contributed by atoms with Gasteiger partial charge < -0.3 is 59.5 Å². The van der Waals surface area contributed by atoms with Crippen LogP contribution >= 0.6 is 0 Å². The highest BCUT2D eigenvalue weighted by Gasteiger charge is 2.20. The predicted molar refractivity (Wildman–Crippen MR) is 321 cm³/mol. The lowest BCUT2D eigenvalue weighted by atomic mass is 10.1. The van der Waals surface area contributed by atoms with Gasteiger partial charge in [-0.2, -0.15) is 0 Å². The summed E-state index contributed by atoms with van der Waals surface area (Å²) in [5.41, 5.74) is 11.6. The van der Waals surface area contributed by atoms with Crippen LogP contribution in [0.15, 0.2) is 117 Å². The fraction of sp³-hybridized carbons (Fsp3) is 0.322. The van der Waals surface area contributed by atoms with Gasteiger partial charge in [0.25, 0.3) is 0 Å². The van der Waals surface area contributed by atoms with Crippen LogP contribution in [-0.4, -0.2) is 143 Å². The smallest absolute Gasteiger partial charge is 0.247 e. The number of carbonyl (C=O) groups is 2. The Hall–Kier alpha value is -8.88. The minimum atomic E-state index is -0.303. The molecule has 20 heteroatoms. The molecular formula is C59H74N16O4. The third-order valence-electron chi connectivity index (χ3n) is 13.0. The molecule has 4 aromatic heterocycles. The number of imidazole rings is 2. The third-order valence-corrected chi connectivity index (χ3v) is 13.0. The number of hydrogen-bond donors (Lipinski definition) is 4. The number of hydrogen-bond acceptors (Lipinski definition) is 16. The van der Waals surface area contributed by atoms with Gasteiger partial charge in [0.05, 0.1) is 88.1 Å². The summed E-state index contributed by atoms with van der Waals surface area (Å²) in [5, 5.41) is 12.4. The summed E-state index contributed by atoms with van der Waals surface area (Å²) in [5.74, 6) is 2.36. The van der Waals surface area contributed by atoms with Crippen LogP contribution in [0.3, 0.4) is 0 Å². The molecule has 79 heavy (non-hydrogen) atoms. The molecular weight excluding hydrogens is 997 g/mol. The first-order chi connectivity index (χ1) is 37.8. The number of nitrogens with one attached hydrogen (secondary N) is 4. The van der Waals surface area contributed by atoms with Gasteiger partial charge in [-0.25, -0.2) is 29.9 Å². The fourth-order valence-corrected chi connectivity index (χ4v) is 8.83. The van der Waals surface area contributed by atoms with E-state index in [2.05, 4.69) is 118 Å². The molecule has 0 saturated heterocycles. The molecule has 0 aliphatic carbocycles. The van der Waals surface area contributed by atoms with E-state index in [-0.39, 0.29) is 17.9 Å². The maximum Gasteiger partial charge on any atom is 0.247 e. The molecule has 8 aromatic rings. The number of aromatic nitrogens is 8. The van der Waals surface area contributed by atoms with Crippen LogP contribution in [0.5, 0.6) is 11.5 Å². The zero-order valence-electron chi connectivity index (χ0n) is 47.7. The van der Waals surface area contributed by atoms with Gasteiger partial charge in [-0.15, -0.1) is 0 Å². The minimum absolute atomic E-state index is 0.288. The second-order valence-corrected chi connectivity index (χ2v) is 20.0. The van der Waals surface area contributed by atoms with Gasteiger partial charge in [-0.1, -0.05) is 25.3 Å². The van der Waals surface area contributed by atoms with E-state index in [9.17, 15) is 9.59 Å². The Morgan fingerprint density at radius 2 is 1.05 bits per heavy atom. The lowest BCUT2D eigenvalue weighted by Crippen LogP contribution is -2.29. The van der Waals surface area contributed by atoms with Gasteiger partial charge in [0, 0.05) is 88.0 Å². The molecule has 4 N–H and O–H groups in total. The summed E-state index contributed by atoms with van der Waals surface area (Å²) in [6, 6.07) is 24.0. The molecule has 0 fully saturated rings. The van der Waals surface area contributed by atoms with Crippen molar-refractivity contribution in [2.24, 2.45) is 0 Å². The van der Waals surface area contributed by atoms with Gasteiger partial charge in [0.15, 0.2) is 0 Å². The molecule has 0 unspecified atom stereocenters. The molecule has 0 saturated carbocycles. The Bertz CT molecular complexity index is 3460. The maximum atomic E-state index is 12.3. The van der Waals surface area contributed by atoms with Crippen LogP contribution in [0.4, 0.5) is 46.0 Å². The normalized spacial score (nSPS) is 11.2. The first-order valence-electron chi connectivity index (χ1n) is 26.0. The molecule has 4 aromatic carbocycles. The third kappa shape index (κ3) is 14.2. The number of anilines is 8. The molecule has 20 nitrogen and oxygen atoms in total. The van der Waals surface area contributed by atoms with Gasteiger partial charge >= 0.3 is 0 Å². The zero-order chi connectivity index (χ0) is 57.1. The SMILES string of the molecule is C=CC(=O)Nc1cc(Nc2nccc(-c3ccc4nc(C)n(C(C)C)c4c3)n2)c(OC)cc1N(C)CCN(C)C.C=CC(=O)Nc1cc(Nc2nccc(-c3ccc4ncn(C(C)C)c4c3)n2)c(OC)cc1N(C)CCN(C)C. The summed E-state index contributed by atoms with van der Waals surface area (Å²) in [6.07, 6.45) is 7.79. The number of fused-ring (bicyclic) bond motifs is 2. The summed E-state index contributed by atoms with van der Waals surface area (Å²) < 4.78 is 15.8. The molecule has 0 aliphatic rings. The van der Waals surface area contributed by atoms with Crippen LogP contribution in [0.1, 0.15) is 45.6 Å². The largest absolute Gasteiger partial charge is 0.494 e. The molecule has 0 spiro atoms. The average Bonchev–Trinajstić information content (AvgIpc) is 4.15. The highest BCUT2D eigenvalue weighted by atomic mass is 16.5. The van der Waals surface area contributed by atoms with E-state index >= 15 is 0 Å². The Balaban J connectivity index is 0.000000229. The van der Waals surface area contributed by atoms with Crippen molar-refractivity contribution >= 4 is 79.9 Å². The van der Waals surface area contributed by atoms with Crippen LogP contribution in [0.2, 0.25) is 0 Å². The van der Waals surface area contributed by atoms with Crippen molar-refractivity contribution in [3.63, 3.8) is 0 Å². The van der Waals surface area contributed by atoms with Crippen molar-refractivity contribution in [1.29, 1.82) is 0 Å². The first-order valence-corrected chi connectivity index (χ1v) is 26.0. The van der Waals surface area contributed by atoms with E-state index in [4.69, 9.17) is 24.4 Å². The topological polar surface area (TPSA) is 201 Å². The fourth-order valence-electron chi connectivity index (χ4n) is 8.83. The summed E-state index contributed by atoms with van der Waals surface area (Å²) in [7, 11) is 15.3. The van der Waals surface area contributed by atoms with Gasteiger partial charge in [-0.05, 0) is 123 Å². The van der Waals surface area contributed by atoms with Gasteiger partial charge in [0.1, 0.15) is 17.3 Å². The highest BCUT2D eigenvalue weighted by molar-refractivity contribution is 6.03. The molecule has 2 amide bonds. The highest BCUT2D eigenvalue weighted by Crippen LogP contribution is 2.40. The second kappa shape index (κ2) is 26.0. The Kier molecular flexibility index (Phi) is 19.0. The molecule has 8 rings (SSSR count). The van der Waals surface area contributed by atoms with Crippen LogP contribution in [0.25, 0.3) is 44.6 Å². The predicted octanol–water partition coefficient (Wildman–Crippen LogP) is 10.2. The van der Waals surface area contributed by atoms with E-state index in [0.717, 1.165) is 88.0 Å². The number of nitrogens with zero attached hydrogens (tertiary/aromatic N) is 12. The van der Waals surface area contributed by atoms with Crippen LogP contribution in [0, 0.1) is 6.92 Å². The minimum Gasteiger partial charge on any atom is -0.494 e. The van der Waals surface area contributed by atoms with Crippen molar-refractivity contribution in [3.05, 3.63) is 123 Å². The molecule has 0 bridgehead atoms. The number of ether oxygens (including phenoxy) is 2. The Morgan fingerprint density at radius 3 is 1.48 bits per heavy atom. The van der Waals surface area contributed by atoms with E-state index < -0.39 is 0 Å².